The predicted octanol–water partition coefficient (Wildman–Crippen LogP) is 3.83. The van der Waals surface area contributed by atoms with Crippen LogP contribution in [0, 0.1) is 24.2 Å². The molecule has 0 amide bonds. The second-order valence-corrected chi connectivity index (χ2v) is 10.2. The Morgan fingerprint density at radius 2 is 2.00 bits per heavy atom. The van der Waals surface area contributed by atoms with Crippen LogP contribution in [0.2, 0.25) is 0 Å². The van der Waals surface area contributed by atoms with Crippen LogP contribution >= 0.6 is 0 Å². The van der Waals surface area contributed by atoms with Crippen molar-refractivity contribution < 1.29 is 13.9 Å². The molecule has 0 atom stereocenters. The first-order chi connectivity index (χ1) is 19.0. The highest BCUT2D eigenvalue weighted by Crippen LogP contribution is 2.36. The molecule has 5 heterocycles. The van der Waals surface area contributed by atoms with E-state index in [-0.39, 0.29) is 12.4 Å². The lowest BCUT2D eigenvalue weighted by atomic mass is 9.90. The van der Waals surface area contributed by atoms with E-state index in [1.54, 1.807) is 23.9 Å². The predicted molar refractivity (Wildman–Crippen MR) is 141 cm³/mol. The first-order valence-electron chi connectivity index (χ1n) is 13.3. The average Bonchev–Trinajstić information content (AvgIpc) is 3.53. The Balaban J connectivity index is 1.27. The Labute approximate surface area is 226 Å². The van der Waals surface area contributed by atoms with E-state index < -0.39 is 0 Å². The van der Waals surface area contributed by atoms with E-state index in [4.69, 9.17) is 19.8 Å². The first kappa shape index (κ1) is 25.1. The minimum absolute atomic E-state index is 0.174. The maximum Gasteiger partial charge on any atom is 0.176 e. The lowest BCUT2D eigenvalue weighted by Crippen LogP contribution is -2.45. The van der Waals surface area contributed by atoms with Crippen LogP contribution in [0.4, 0.5) is 4.39 Å². The number of fused-ring (bicyclic) bond motifs is 2. The van der Waals surface area contributed by atoms with Crippen LogP contribution < -0.4 is 14.8 Å². The van der Waals surface area contributed by atoms with Crippen LogP contribution in [0.15, 0.2) is 36.8 Å². The molecular weight excluding hydrogens is 499 g/mol. The van der Waals surface area contributed by atoms with E-state index in [1.807, 2.05) is 12.3 Å². The summed E-state index contributed by atoms with van der Waals surface area (Å²) < 4.78 is 28.9. The summed E-state index contributed by atoms with van der Waals surface area (Å²) in [6, 6.07) is 5.78. The molecule has 0 saturated heterocycles. The Kier molecular flexibility index (Phi) is 6.79. The van der Waals surface area contributed by atoms with Crippen LogP contribution in [0.25, 0.3) is 16.8 Å². The molecule has 2 aliphatic rings. The van der Waals surface area contributed by atoms with Gasteiger partial charge in [-0.2, -0.15) is 15.5 Å². The fourth-order valence-electron chi connectivity index (χ4n) is 5.82. The number of nitrogens with zero attached hydrogens (tertiary/aromatic N) is 7. The summed E-state index contributed by atoms with van der Waals surface area (Å²) in [5.41, 5.74) is 5.48. The van der Waals surface area contributed by atoms with Gasteiger partial charge in [0.15, 0.2) is 17.5 Å². The molecule has 0 bridgehead atoms. The van der Waals surface area contributed by atoms with Crippen molar-refractivity contribution in [2.45, 2.75) is 64.4 Å². The van der Waals surface area contributed by atoms with Gasteiger partial charge in [0.05, 0.1) is 43.1 Å². The number of halogens is 1. The molecule has 39 heavy (non-hydrogen) atoms. The maximum atomic E-state index is 13.3. The lowest BCUT2D eigenvalue weighted by Gasteiger charge is -2.38. The molecule has 1 aliphatic carbocycles. The molecule has 1 aliphatic heterocycles. The third kappa shape index (κ3) is 4.88. The van der Waals surface area contributed by atoms with Gasteiger partial charge in [-0.3, -0.25) is 14.6 Å². The molecule has 0 unspecified atom stereocenters. The minimum atomic E-state index is -0.387. The number of methoxy groups -OCH3 is 1. The van der Waals surface area contributed by atoms with Gasteiger partial charge in [0, 0.05) is 36.9 Å². The Hall–Kier alpha value is -4.17. The largest absolute Gasteiger partial charge is 0.493 e. The van der Waals surface area contributed by atoms with Gasteiger partial charge < -0.3 is 14.8 Å². The molecule has 0 spiro atoms. The molecule has 1 N–H and O–H groups in total. The van der Waals surface area contributed by atoms with Crippen molar-refractivity contribution in [3.63, 3.8) is 0 Å². The molecule has 0 aromatic carbocycles. The highest BCUT2D eigenvalue weighted by Gasteiger charge is 2.30. The summed E-state index contributed by atoms with van der Waals surface area (Å²) in [4.78, 5) is 6.68. The second kappa shape index (κ2) is 10.5. The highest BCUT2D eigenvalue weighted by atomic mass is 19.1. The highest BCUT2D eigenvalue weighted by molar-refractivity contribution is 5.75. The van der Waals surface area contributed by atoms with Crippen molar-refractivity contribution in [1.82, 2.24) is 34.6 Å². The molecule has 6 rings (SSSR count). The van der Waals surface area contributed by atoms with Gasteiger partial charge in [-0.15, -0.1) is 0 Å². The van der Waals surface area contributed by atoms with Gasteiger partial charge in [-0.05, 0) is 56.4 Å². The van der Waals surface area contributed by atoms with Crippen molar-refractivity contribution >= 4 is 5.52 Å². The minimum Gasteiger partial charge on any atom is -0.493 e. The summed E-state index contributed by atoms with van der Waals surface area (Å²) in [6.07, 6.45) is 11.1. The Morgan fingerprint density at radius 1 is 1.15 bits per heavy atom. The average molecular weight is 531 g/mol. The molecule has 11 heteroatoms. The van der Waals surface area contributed by atoms with E-state index in [1.165, 1.54) is 18.0 Å². The smallest absolute Gasteiger partial charge is 0.176 e. The van der Waals surface area contributed by atoms with Gasteiger partial charge in [0.2, 0.25) is 0 Å². The van der Waals surface area contributed by atoms with Crippen molar-refractivity contribution in [2.24, 2.45) is 0 Å². The molecule has 10 nitrogen and oxygen atoms in total. The topological polar surface area (TPSA) is 106 Å². The van der Waals surface area contributed by atoms with Gasteiger partial charge >= 0.3 is 0 Å². The van der Waals surface area contributed by atoms with Crippen LogP contribution in [0.5, 0.6) is 11.5 Å². The number of rotatable bonds is 7. The standard InChI is InChI=1S/C28H31FN8O2/c1-18-24-15-35(23-7-5-21(6-8-23)32-17-30)9-10-36(24)34-27(18)19-11-25(28-26(38-2)13-33-37(28)14-19)39-16-22-4-3-20(29)12-31-22/h3-4,11-14,21,23,32H,5-10,15-16H2,1-2H3. The third-order valence-electron chi connectivity index (χ3n) is 7.95. The van der Waals surface area contributed by atoms with Crippen LogP contribution in [-0.4, -0.2) is 55.0 Å². The van der Waals surface area contributed by atoms with Gasteiger partial charge in [0.25, 0.3) is 0 Å². The van der Waals surface area contributed by atoms with E-state index in [0.29, 0.717) is 34.8 Å². The maximum absolute atomic E-state index is 13.3. The number of nitrogens with one attached hydrogen (secondary N) is 1. The zero-order chi connectivity index (χ0) is 26.9. The first-order valence-corrected chi connectivity index (χ1v) is 13.3. The molecule has 4 aromatic rings. The Bertz CT molecular complexity index is 1520. The SMILES string of the molecule is COc1cnn2cc(-c3nn4c(c3C)CN(C3CCC(NC#N)CC3)CC4)cc(OCc3ccc(F)cn3)c12. The number of pyridine rings is 2. The van der Waals surface area contributed by atoms with Crippen molar-refractivity contribution in [3.05, 3.63) is 59.6 Å². The number of hydrogen-bond acceptors (Lipinski definition) is 8. The van der Waals surface area contributed by atoms with Crippen LogP contribution in [-0.2, 0) is 19.7 Å². The van der Waals surface area contributed by atoms with Gasteiger partial charge in [0.1, 0.15) is 18.2 Å². The van der Waals surface area contributed by atoms with Crippen LogP contribution in [0.1, 0.15) is 42.6 Å². The van der Waals surface area contributed by atoms with Crippen molar-refractivity contribution in [1.29, 1.82) is 5.26 Å². The van der Waals surface area contributed by atoms with Crippen LogP contribution in [0.3, 0.4) is 0 Å². The summed E-state index contributed by atoms with van der Waals surface area (Å²) >= 11 is 0. The fraction of sp³-hybridized carbons (Fsp3) is 0.429. The molecule has 4 aromatic heterocycles. The van der Waals surface area contributed by atoms with Crippen molar-refractivity contribution in [2.75, 3.05) is 13.7 Å². The van der Waals surface area contributed by atoms with E-state index in [9.17, 15) is 4.39 Å². The lowest BCUT2D eigenvalue weighted by molar-refractivity contribution is 0.112. The number of hydrogen-bond donors (Lipinski definition) is 1. The molecule has 202 valence electrons. The molecule has 0 radical (unpaired) electrons. The number of ether oxygens (including phenoxy) is 2. The van der Waals surface area contributed by atoms with E-state index >= 15 is 0 Å². The monoisotopic (exact) mass is 530 g/mol. The number of nitriles is 1. The molecule has 1 fully saturated rings. The zero-order valence-corrected chi connectivity index (χ0v) is 22.1. The summed E-state index contributed by atoms with van der Waals surface area (Å²) in [5.74, 6) is 0.796. The molecular formula is C28H31FN8O2. The third-order valence-corrected chi connectivity index (χ3v) is 7.95. The van der Waals surface area contributed by atoms with Gasteiger partial charge in [-0.25, -0.2) is 8.91 Å². The van der Waals surface area contributed by atoms with E-state index in [0.717, 1.165) is 62.1 Å². The molecule has 1 saturated carbocycles. The fourth-order valence-corrected chi connectivity index (χ4v) is 5.82. The second-order valence-electron chi connectivity index (χ2n) is 10.2. The zero-order valence-electron chi connectivity index (χ0n) is 22.1. The summed E-state index contributed by atoms with van der Waals surface area (Å²) in [7, 11) is 1.60. The Morgan fingerprint density at radius 3 is 2.74 bits per heavy atom. The van der Waals surface area contributed by atoms with Gasteiger partial charge in [-0.1, -0.05) is 0 Å². The normalized spacial score (nSPS) is 19.4. The van der Waals surface area contributed by atoms with Crippen molar-refractivity contribution in [3.8, 4) is 28.9 Å². The quantitative estimate of drug-likeness (QED) is 0.284. The summed E-state index contributed by atoms with van der Waals surface area (Å²) in [6.45, 7) is 4.96. The van der Waals surface area contributed by atoms with E-state index in [2.05, 4.69) is 38.1 Å². The summed E-state index contributed by atoms with van der Waals surface area (Å²) in [5, 5.41) is 21.3. The number of aromatic nitrogens is 5.